The third kappa shape index (κ3) is 2.50. The molecule has 2 aromatic heterocycles. The second-order valence-electron chi connectivity index (χ2n) is 5.28. The lowest BCUT2D eigenvalue weighted by atomic mass is 10.0. The standard InChI is InChI=1S/C17H19N3O/c1-20(2)17(16-6-4-5-9-18-16)14-11-19-15-8-7-12(21-3)10-13(14)15/h4-11,17,19H,1-3H3. The molecule has 1 unspecified atom stereocenters. The van der Waals surface area contributed by atoms with Crippen LogP contribution in [0.15, 0.2) is 48.8 Å². The fraction of sp³-hybridized carbons (Fsp3) is 0.235. The van der Waals surface area contributed by atoms with Crippen LogP contribution < -0.4 is 4.74 Å². The van der Waals surface area contributed by atoms with Crippen LogP contribution in [0.3, 0.4) is 0 Å². The summed E-state index contributed by atoms with van der Waals surface area (Å²) < 4.78 is 5.35. The average Bonchev–Trinajstić information content (AvgIpc) is 2.91. The minimum atomic E-state index is 0.104. The molecule has 1 N–H and O–H groups in total. The largest absolute Gasteiger partial charge is 0.497 e. The minimum absolute atomic E-state index is 0.104. The van der Waals surface area contributed by atoms with Crippen LogP contribution in [0, 0.1) is 0 Å². The van der Waals surface area contributed by atoms with Crippen molar-refractivity contribution in [3.8, 4) is 5.75 Å². The molecule has 21 heavy (non-hydrogen) atoms. The summed E-state index contributed by atoms with van der Waals surface area (Å²) in [6.45, 7) is 0. The molecule has 1 atom stereocenters. The number of benzene rings is 1. The molecule has 0 aliphatic heterocycles. The predicted molar refractivity (Wildman–Crippen MR) is 84.6 cm³/mol. The first-order chi connectivity index (χ1) is 10.2. The first-order valence-corrected chi connectivity index (χ1v) is 6.93. The maximum atomic E-state index is 5.35. The van der Waals surface area contributed by atoms with Crippen molar-refractivity contribution in [3.63, 3.8) is 0 Å². The molecule has 0 saturated heterocycles. The zero-order chi connectivity index (χ0) is 14.8. The van der Waals surface area contributed by atoms with Crippen molar-refractivity contribution in [3.05, 3.63) is 60.0 Å². The molecule has 0 bridgehead atoms. The van der Waals surface area contributed by atoms with Crippen LogP contribution in [0.4, 0.5) is 0 Å². The summed E-state index contributed by atoms with van der Waals surface area (Å²) in [5.74, 6) is 0.863. The summed E-state index contributed by atoms with van der Waals surface area (Å²) in [6.07, 6.45) is 3.89. The van der Waals surface area contributed by atoms with Gasteiger partial charge >= 0.3 is 0 Å². The summed E-state index contributed by atoms with van der Waals surface area (Å²) >= 11 is 0. The highest BCUT2D eigenvalue weighted by Gasteiger charge is 2.21. The molecule has 0 spiro atoms. The van der Waals surface area contributed by atoms with Gasteiger partial charge in [-0.3, -0.25) is 9.88 Å². The molecule has 108 valence electrons. The highest BCUT2D eigenvalue weighted by atomic mass is 16.5. The van der Waals surface area contributed by atoms with E-state index in [-0.39, 0.29) is 6.04 Å². The van der Waals surface area contributed by atoms with Crippen LogP contribution in [0.25, 0.3) is 10.9 Å². The Hall–Kier alpha value is -2.33. The quantitative estimate of drug-likeness (QED) is 0.798. The Kier molecular flexibility index (Phi) is 3.62. The van der Waals surface area contributed by atoms with Gasteiger partial charge in [-0.15, -0.1) is 0 Å². The van der Waals surface area contributed by atoms with E-state index < -0.39 is 0 Å². The molecule has 0 amide bonds. The first-order valence-electron chi connectivity index (χ1n) is 6.93. The van der Waals surface area contributed by atoms with E-state index in [1.165, 1.54) is 10.9 Å². The number of H-pyrrole nitrogens is 1. The van der Waals surface area contributed by atoms with E-state index in [1.54, 1.807) is 7.11 Å². The van der Waals surface area contributed by atoms with Gasteiger partial charge in [0.25, 0.3) is 0 Å². The predicted octanol–water partition coefficient (Wildman–Crippen LogP) is 3.22. The fourth-order valence-electron chi connectivity index (χ4n) is 2.71. The van der Waals surface area contributed by atoms with Gasteiger partial charge < -0.3 is 9.72 Å². The van der Waals surface area contributed by atoms with Crippen molar-refractivity contribution < 1.29 is 4.74 Å². The van der Waals surface area contributed by atoms with Gasteiger partial charge in [-0.25, -0.2) is 0 Å². The first kappa shape index (κ1) is 13.6. The lowest BCUT2D eigenvalue weighted by molar-refractivity contribution is 0.338. The normalized spacial score (nSPS) is 12.8. The number of hydrogen-bond donors (Lipinski definition) is 1. The monoisotopic (exact) mass is 281 g/mol. The van der Waals surface area contributed by atoms with Crippen molar-refractivity contribution in [2.24, 2.45) is 0 Å². The van der Waals surface area contributed by atoms with E-state index in [9.17, 15) is 0 Å². The molecule has 4 heteroatoms. The van der Waals surface area contributed by atoms with Gasteiger partial charge in [-0.2, -0.15) is 0 Å². The van der Waals surface area contributed by atoms with Crippen LogP contribution in [-0.4, -0.2) is 36.1 Å². The van der Waals surface area contributed by atoms with Crippen molar-refractivity contribution in [1.82, 2.24) is 14.9 Å². The zero-order valence-electron chi connectivity index (χ0n) is 12.5. The molecule has 3 rings (SSSR count). The van der Waals surface area contributed by atoms with Crippen molar-refractivity contribution in [2.75, 3.05) is 21.2 Å². The summed E-state index contributed by atoms with van der Waals surface area (Å²) in [5.41, 5.74) is 3.34. The third-order valence-electron chi connectivity index (χ3n) is 3.70. The van der Waals surface area contributed by atoms with E-state index in [4.69, 9.17) is 4.74 Å². The van der Waals surface area contributed by atoms with Crippen molar-refractivity contribution in [2.45, 2.75) is 6.04 Å². The smallest absolute Gasteiger partial charge is 0.119 e. The number of aromatic amines is 1. The maximum Gasteiger partial charge on any atom is 0.119 e. The summed E-state index contributed by atoms with van der Waals surface area (Å²) in [7, 11) is 5.83. The average molecular weight is 281 g/mol. The lowest BCUT2D eigenvalue weighted by Gasteiger charge is -2.23. The molecule has 1 aromatic carbocycles. The number of aromatic nitrogens is 2. The van der Waals surface area contributed by atoms with Crippen LogP contribution in [0.1, 0.15) is 17.3 Å². The van der Waals surface area contributed by atoms with E-state index >= 15 is 0 Å². The van der Waals surface area contributed by atoms with E-state index in [0.29, 0.717) is 0 Å². The van der Waals surface area contributed by atoms with Gasteiger partial charge in [0.05, 0.1) is 18.8 Å². The molecule has 0 saturated carbocycles. The third-order valence-corrected chi connectivity index (χ3v) is 3.70. The Balaban J connectivity index is 2.16. The van der Waals surface area contributed by atoms with E-state index in [2.05, 4.69) is 47.3 Å². The lowest BCUT2D eigenvalue weighted by Crippen LogP contribution is -2.21. The number of pyridine rings is 1. The maximum absolute atomic E-state index is 5.35. The number of hydrogen-bond acceptors (Lipinski definition) is 3. The van der Waals surface area contributed by atoms with Gasteiger partial charge in [0.15, 0.2) is 0 Å². The molecule has 0 radical (unpaired) electrons. The Morgan fingerprint density at radius 3 is 2.71 bits per heavy atom. The second-order valence-corrected chi connectivity index (χ2v) is 5.28. The molecular weight excluding hydrogens is 262 g/mol. The van der Waals surface area contributed by atoms with Crippen LogP contribution in [-0.2, 0) is 0 Å². The van der Waals surface area contributed by atoms with Gasteiger partial charge in [0.2, 0.25) is 0 Å². The number of nitrogens with one attached hydrogen (secondary N) is 1. The van der Waals surface area contributed by atoms with Gasteiger partial charge in [0, 0.05) is 28.9 Å². The minimum Gasteiger partial charge on any atom is -0.497 e. The highest BCUT2D eigenvalue weighted by molar-refractivity contribution is 5.85. The fourth-order valence-corrected chi connectivity index (χ4v) is 2.71. The van der Waals surface area contributed by atoms with Gasteiger partial charge in [-0.05, 0) is 44.4 Å². The Morgan fingerprint density at radius 2 is 2.05 bits per heavy atom. The number of fused-ring (bicyclic) bond motifs is 1. The summed E-state index contributed by atoms with van der Waals surface area (Å²) in [4.78, 5) is 10.0. The molecule has 4 nitrogen and oxygen atoms in total. The molecule has 0 aliphatic rings. The summed E-state index contributed by atoms with van der Waals surface area (Å²) in [5, 5.41) is 1.17. The molecule has 2 heterocycles. The number of rotatable bonds is 4. The van der Waals surface area contributed by atoms with Crippen LogP contribution in [0.2, 0.25) is 0 Å². The van der Waals surface area contributed by atoms with Crippen molar-refractivity contribution in [1.29, 1.82) is 0 Å². The van der Waals surface area contributed by atoms with Gasteiger partial charge in [-0.1, -0.05) is 6.07 Å². The Bertz CT molecular complexity index is 734. The van der Waals surface area contributed by atoms with Crippen LogP contribution >= 0.6 is 0 Å². The molecule has 0 fully saturated rings. The van der Waals surface area contributed by atoms with Crippen LogP contribution in [0.5, 0.6) is 5.75 Å². The van der Waals surface area contributed by atoms with E-state index in [0.717, 1.165) is 17.0 Å². The van der Waals surface area contributed by atoms with Gasteiger partial charge in [0.1, 0.15) is 5.75 Å². The molecule has 3 aromatic rings. The SMILES string of the molecule is COc1ccc2[nH]cc(C(c3ccccn3)N(C)C)c2c1. The number of ether oxygens (including phenoxy) is 1. The summed E-state index contributed by atoms with van der Waals surface area (Å²) in [6, 6.07) is 12.2. The number of methoxy groups -OCH3 is 1. The highest BCUT2D eigenvalue weighted by Crippen LogP contribution is 2.33. The van der Waals surface area contributed by atoms with Crippen molar-refractivity contribution >= 4 is 10.9 Å². The Morgan fingerprint density at radius 1 is 1.19 bits per heavy atom. The topological polar surface area (TPSA) is 41.1 Å². The second kappa shape index (κ2) is 5.58. The Labute approximate surface area is 124 Å². The van der Waals surface area contributed by atoms with E-state index in [1.807, 2.05) is 30.5 Å². The number of nitrogens with zero attached hydrogens (tertiary/aromatic N) is 2. The zero-order valence-corrected chi connectivity index (χ0v) is 12.5. The molecule has 0 aliphatic carbocycles. The molecular formula is C17H19N3O.